The second-order valence-corrected chi connectivity index (χ2v) is 6.32. The van der Waals surface area contributed by atoms with Gasteiger partial charge in [-0.3, -0.25) is 0 Å². The maximum Gasteiger partial charge on any atom is 0.337 e. The molecule has 6 heteroatoms. The maximum absolute atomic E-state index is 11.5. The molecule has 2 aromatic carbocycles. The number of methoxy groups -OCH3 is 1. The maximum atomic E-state index is 11.5. The van der Waals surface area contributed by atoms with E-state index < -0.39 is 0 Å². The van der Waals surface area contributed by atoms with Gasteiger partial charge in [0.2, 0.25) is 5.95 Å². The highest BCUT2D eigenvalue weighted by Crippen LogP contribution is 2.31. The van der Waals surface area contributed by atoms with Crippen molar-refractivity contribution in [2.75, 3.05) is 23.9 Å². The highest BCUT2D eigenvalue weighted by atomic mass is 16.5. The quantitative estimate of drug-likeness (QED) is 0.707. The van der Waals surface area contributed by atoms with Gasteiger partial charge in [0.1, 0.15) is 5.82 Å². The number of nitrogens with one attached hydrogen (secondary N) is 1. The van der Waals surface area contributed by atoms with Crippen molar-refractivity contribution >= 4 is 29.1 Å². The summed E-state index contributed by atoms with van der Waals surface area (Å²) in [5.74, 6) is 1.03. The van der Waals surface area contributed by atoms with Crippen molar-refractivity contribution in [1.82, 2.24) is 9.97 Å². The number of para-hydroxylation sites is 1. The zero-order valence-electron chi connectivity index (χ0n) is 15.1. The average Bonchev–Trinajstić information content (AvgIpc) is 2.73. The number of nitrogens with zero attached hydrogens (tertiary/aromatic N) is 3. The van der Waals surface area contributed by atoms with Gasteiger partial charge in [-0.25, -0.2) is 9.78 Å². The highest BCUT2D eigenvalue weighted by molar-refractivity contribution is 5.89. The molecule has 0 spiro atoms. The van der Waals surface area contributed by atoms with Gasteiger partial charge < -0.3 is 15.0 Å². The molecule has 0 unspecified atom stereocenters. The molecule has 1 N–H and O–H groups in total. The van der Waals surface area contributed by atoms with Crippen LogP contribution >= 0.6 is 0 Å². The fraction of sp³-hybridized carbons (Fsp3) is 0.190. The largest absolute Gasteiger partial charge is 0.465 e. The molecule has 0 aliphatic carbocycles. The number of carbonyl (C=O) groups is 1. The lowest BCUT2D eigenvalue weighted by Crippen LogP contribution is -2.26. The lowest BCUT2D eigenvalue weighted by molar-refractivity contribution is 0.0601. The number of aromatic nitrogens is 2. The molecule has 1 aliphatic heterocycles. The second kappa shape index (κ2) is 7.45. The fourth-order valence-electron chi connectivity index (χ4n) is 3.24. The number of hydrogen-bond donors (Lipinski definition) is 1. The van der Waals surface area contributed by atoms with Gasteiger partial charge in [0, 0.05) is 24.1 Å². The van der Waals surface area contributed by atoms with Crippen LogP contribution < -0.4 is 10.2 Å². The van der Waals surface area contributed by atoms with E-state index in [2.05, 4.69) is 38.4 Å². The molecule has 0 saturated heterocycles. The van der Waals surface area contributed by atoms with Gasteiger partial charge in [0.25, 0.3) is 0 Å². The molecule has 1 aromatic heterocycles. The number of carbonyl (C=O) groups excluding carboxylic acids is 1. The van der Waals surface area contributed by atoms with E-state index in [0.717, 1.165) is 25.1 Å². The molecule has 0 radical (unpaired) electrons. The summed E-state index contributed by atoms with van der Waals surface area (Å²) in [5.41, 5.74) is 3.84. The average molecular weight is 360 g/mol. The first-order valence-corrected chi connectivity index (χ1v) is 8.88. The van der Waals surface area contributed by atoms with Crippen molar-refractivity contribution in [3.63, 3.8) is 0 Å². The third kappa shape index (κ3) is 3.60. The number of benzene rings is 2. The number of anilines is 4. The van der Waals surface area contributed by atoms with Crippen LogP contribution in [-0.4, -0.2) is 29.6 Å². The van der Waals surface area contributed by atoms with E-state index in [1.54, 1.807) is 18.3 Å². The van der Waals surface area contributed by atoms with Crippen LogP contribution in [0.1, 0.15) is 22.3 Å². The summed E-state index contributed by atoms with van der Waals surface area (Å²) >= 11 is 0. The number of aryl methyl sites for hydroxylation is 1. The standard InChI is InChI=1S/C21H20N4O2/c1-27-20(26)16-8-10-17(11-9-16)23-19-12-13-22-21(24-19)25-14-4-6-15-5-2-3-7-18(15)25/h2-3,5,7-13H,4,6,14H2,1H3,(H,22,23,24). The van der Waals surface area contributed by atoms with E-state index in [1.165, 1.54) is 18.4 Å². The molecule has 3 aromatic rings. The summed E-state index contributed by atoms with van der Waals surface area (Å²) in [6.07, 6.45) is 3.91. The molecule has 0 amide bonds. The summed E-state index contributed by atoms with van der Waals surface area (Å²) in [5, 5.41) is 3.26. The van der Waals surface area contributed by atoms with E-state index in [0.29, 0.717) is 17.3 Å². The van der Waals surface area contributed by atoms with Crippen LogP contribution in [0.25, 0.3) is 0 Å². The smallest absolute Gasteiger partial charge is 0.337 e. The van der Waals surface area contributed by atoms with Crippen LogP contribution in [0.2, 0.25) is 0 Å². The number of esters is 1. The number of rotatable bonds is 4. The summed E-state index contributed by atoms with van der Waals surface area (Å²) in [6, 6.07) is 17.3. The SMILES string of the molecule is COC(=O)c1ccc(Nc2ccnc(N3CCCc4ccccc43)n2)cc1. The van der Waals surface area contributed by atoms with Crippen molar-refractivity contribution < 1.29 is 9.53 Å². The van der Waals surface area contributed by atoms with E-state index in [4.69, 9.17) is 4.74 Å². The fourth-order valence-corrected chi connectivity index (χ4v) is 3.24. The molecule has 27 heavy (non-hydrogen) atoms. The highest BCUT2D eigenvalue weighted by Gasteiger charge is 2.19. The van der Waals surface area contributed by atoms with Crippen molar-refractivity contribution in [2.24, 2.45) is 0 Å². The van der Waals surface area contributed by atoms with Crippen molar-refractivity contribution in [1.29, 1.82) is 0 Å². The normalized spacial score (nSPS) is 13.0. The summed E-state index contributed by atoms with van der Waals surface area (Å²) in [7, 11) is 1.37. The molecule has 4 rings (SSSR count). The van der Waals surface area contributed by atoms with Crippen LogP contribution in [0.15, 0.2) is 60.8 Å². The topological polar surface area (TPSA) is 67.3 Å². The first-order chi connectivity index (χ1) is 13.2. The van der Waals surface area contributed by atoms with Crippen molar-refractivity contribution in [3.05, 3.63) is 71.9 Å². The van der Waals surface area contributed by atoms with Gasteiger partial charge in [-0.2, -0.15) is 4.98 Å². The van der Waals surface area contributed by atoms with Gasteiger partial charge in [0.05, 0.1) is 12.7 Å². The van der Waals surface area contributed by atoms with Crippen LogP contribution in [-0.2, 0) is 11.2 Å². The third-order valence-corrected chi connectivity index (χ3v) is 4.57. The number of ether oxygens (including phenoxy) is 1. The Hall–Kier alpha value is -3.41. The Balaban J connectivity index is 1.56. The number of hydrogen-bond acceptors (Lipinski definition) is 6. The zero-order chi connectivity index (χ0) is 18.6. The van der Waals surface area contributed by atoms with Gasteiger partial charge >= 0.3 is 5.97 Å². The molecule has 0 atom stereocenters. The molecule has 1 aliphatic rings. The monoisotopic (exact) mass is 360 g/mol. The van der Waals surface area contributed by atoms with E-state index in [9.17, 15) is 4.79 Å². The van der Waals surface area contributed by atoms with Crippen molar-refractivity contribution in [2.45, 2.75) is 12.8 Å². The lowest BCUT2D eigenvalue weighted by Gasteiger charge is -2.29. The van der Waals surface area contributed by atoms with Crippen LogP contribution in [0.3, 0.4) is 0 Å². The minimum absolute atomic E-state index is 0.352. The van der Waals surface area contributed by atoms with E-state index in [-0.39, 0.29) is 5.97 Å². The first kappa shape index (κ1) is 17.0. The summed E-state index contributed by atoms with van der Waals surface area (Å²) in [4.78, 5) is 22.8. The molecule has 2 heterocycles. The van der Waals surface area contributed by atoms with Gasteiger partial charge in [-0.05, 0) is 54.8 Å². The Labute approximate surface area is 157 Å². The zero-order valence-corrected chi connectivity index (χ0v) is 15.1. The lowest BCUT2D eigenvalue weighted by atomic mass is 10.0. The Morgan fingerprint density at radius 2 is 1.93 bits per heavy atom. The Morgan fingerprint density at radius 3 is 2.74 bits per heavy atom. The first-order valence-electron chi connectivity index (χ1n) is 8.88. The summed E-state index contributed by atoms with van der Waals surface area (Å²) < 4.78 is 4.72. The molecule has 136 valence electrons. The minimum Gasteiger partial charge on any atom is -0.465 e. The van der Waals surface area contributed by atoms with Gasteiger partial charge in [-0.15, -0.1) is 0 Å². The van der Waals surface area contributed by atoms with E-state index >= 15 is 0 Å². The van der Waals surface area contributed by atoms with Crippen LogP contribution in [0.4, 0.5) is 23.1 Å². The van der Waals surface area contributed by atoms with Gasteiger partial charge in [-0.1, -0.05) is 18.2 Å². The molecule has 6 nitrogen and oxygen atoms in total. The molecular weight excluding hydrogens is 340 g/mol. The predicted molar refractivity (Wildman–Crippen MR) is 105 cm³/mol. The molecule has 0 saturated carbocycles. The van der Waals surface area contributed by atoms with E-state index in [1.807, 2.05) is 24.3 Å². The number of fused-ring (bicyclic) bond motifs is 1. The molecule has 0 fully saturated rings. The van der Waals surface area contributed by atoms with Gasteiger partial charge in [0.15, 0.2) is 0 Å². The van der Waals surface area contributed by atoms with Crippen molar-refractivity contribution in [3.8, 4) is 0 Å². The Kier molecular flexibility index (Phi) is 4.70. The van der Waals surface area contributed by atoms with Crippen LogP contribution in [0.5, 0.6) is 0 Å². The summed E-state index contributed by atoms with van der Waals surface area (Å²) in [6.45, 7) is 0.897. The third-order valence-electron chi connectivity index (χ3n) is 4.57. The predicted octanol–water partition coefficient (Wildman–Crippen LogP) is 4.09. The molecule has 0 bridgehead atoms. The second-order valence-electron chi connectivity index (χ2n) is 6.32. The van der Waals surface area contributed by atoms with Crippen LogP contribution in [0, 0.1) is 0 Å². The Morgan fingerprint density at radius 1 is 1.11 bits per heavy atom. The minimum atomic E-state index is -0.352. The Bertz CT molecular complexity index is 956. The molecular formula is C21H20N4O2.